The summed E-state index contributed by atoms with van der Waals surface area (Å²) >= 11 is 0. The molecule has 1 atom stereocenters. The molecule has 6 heteroatoms. The van der Waals surface area contributed by atoms with Crippen LogP contribution in [0, 0.1) is 6.92 Å². The highest BCUT2D eigenvalue weighted by atomic mass is 16.2. The minimum Gasteiger partial charge on any atom is -0.395 e. The average molecular weight is 277 g/mol. The fourth-order valence-corrected chi connectivity index (χ4v) is 3.47. The zero-order valence-corrected chi connectivity index (χ0v) is 12.3. The molecule has 0 saturated carbocycles. The van der Waals surface area contributed by atoms with Gasteiger partial charge in [-0.05, 0) is 32.7 Å². The molecule has 1 aromatic rings. The number of carbonyl (C=O) groups is 1. The number of anilines is 1. The van der Waals surface area contributed by atoms with Gasteiger partial charge in [0.05, 0.1) is 11.4 Å². The predicted molar refractivity (Wildman–Crippen MR) is 77.5 cm³/mol. The fraction of sp³-hybridized carbons (Fsp3) is 0.714. The van der Waals surface area contributed by atoms with Gasteiger partial charge in [-0.2, -0.15) is 5.10 Å². The quantitative estimate of drug-likeness (QED) is 0.817. The van der Waals surface area contributed by atoms with Crippen LogP contribution in [0.2, 0.25) is 0 Å². The number of nitrogen functional groups attached to an aromatic ring is 1. The van der Waals surface area contributed by atoms with E-state index >= 15 is 0 Å². The molecule has 20 heavy (non-hydrogen) atoms. The van der Waals surface area contributed by atoms with Gasteiger partial charge in [0.1, 0.15) is 5.69 Å². The molecule has 1 amide bonds. The Morgan fingerprint density at radius 1 is 1.30 bits per heavy atom. The lowest BCUT2D eigenvalue weighted by molar-refractivity contribution is 0.0733. The second-order valence-electron chi connectivity index (χ2n) is 5.91. The summed E-state index contributed by atoms with van der Waals surface area (Å²) in [5.41, 5.74) is 7.80. The second-order valence-corrected chi connectivity index (χ2v) is 5.91. The number of nitrogens with two attached hydrogens (primary N) is 1. The van der Waals surface area contributed by atoms with Gasteiger partial charge in [-0.1, -0.05) is 0 Å². The van der Waals surface area contributed by atoms with E-state index in [9.17, 15) is 4.79 Å². The van der Waals surface area contributed by atoms with Crippen molar-refractivity contribution < 1.29 is 4.79 Å². The number of rotatable bonds is 1. The number of aromatic nitrogens is 2. The zero-order chi connectivity index (χ0) is 14.3. The number of aryl methyl sites for hydroxylation is 2. The van der Waals surface area contributed by atoms with Gasteiger partial charge in [0, 0.05) is 32.7 Å². The SMILES string of the molecule is Cc1nn(C)c(C(=O)N2CCCN3CCCC3C2)c1N. The summed E-state index contributed by atoms with van der Waals surface area (Å²) in [7, 11) is 1.79. The molecule has 1 aromatic heterocycles. The second kappa shape index (κ2) is 5.09. The Bertz CT molecular complexity index is 524. The lowest BCUT2D eigenvalue weighted by atomic mass is 10.2. The minimum atomic E-state index is 0.0272. The van der Waals surface area contributed by atoms with E-state index in [1.54, 1.807) is 11.7 Å². The summed E-state index contributed by atoms with van der Waals surface area (Å²) in [4.78, 5) is 17.2. The van der Waals surface area contributed by atoms with Crippen molar-refractivity contribution in [2.45, 2.75) is 32.2 Å². The van der Waals surface area contributed by atoms with Crippen LogP contribution in [-0.4, -0.2) is 57.7 Å². The van der Waals surface area contributed by atoms with Gasteiger partial charge >= 0.3 is 0 Å². The number of carbonyl (C=O) groups excluding carboxylic acids is 1. The topological polar surface area (TPSA) is 67.4 Å². The third kappa shape index (κ3) is 2.18. The maximum absolute atomic E-state index is 12.8. The van der Waals surface area contributed by atoms with Gasteiger partial charge in [-0.15, -0.1) is 0 Å². The van der Waals surface area contributed by atoms with Crippen LogP contribution >= 0.6 is 0 Å². The van der Waals surface area contributed by atoms with Crippen molar-refractivity contribution in [1.82, 2.24) is 19.6 Å². The highest BCUT2D eigenvalue weighted by molar-refractivity contribution is 5.98. The van der Waals surface area contributed by atoms with E-state index in [1.807, 2.05) is 11.8 Å². The highest BCUT2D eigenvalue weighted by Gasteiger charge is 2.32. The number of hydrogen-bond donors (Lipinski definition) is 1. The van der Waals surface area contributed by atoms with Gasteiger partial charge in [0.2, 0.25) is 0 Å². The molecule has 0 bridgehead atoms. The predicted octanol–water partition coefficient (Wildman–Crippen LogP) is 0.621. The first-order valence-electron chi connectivity index (χ1n) is 7.40. The lowest BCUT2D eigenvalue weighted by Crippen LogP contribution is -2.40. The molecule has 2 aliphatic rings. The summed E-state index contributed by atoms with van der Waals surface area (Å²) in [5.74, 6) is 0.0272. The molecule has 0 spiro atoms. The van der Waals surface area contributed by atoms with Crippen LogP contribution in [0.3, 0.4) is 0 Å². The van der Waals surface area contributed by atoms with Crippen molar-refractivity contribution in [3.8, 4) is 0 Å². The first kappa shape index (κ1) is 13.4. The maximum Gasteiger partial charge on any atom is 0.274 e. The van der Waals surface area contributed by atoms with E-state index < -0.39 is 0 Å². The first-order valence-corrected chi connectivity index (χ1v) is 7.40. The van der Waals surface area contributed by atoms with Crippen molar-refractivity contribution >= 4 is 11.6 Å². The molecule has 3 rings (SSSR count). The summed E-state index contributed by atoms with van der Waals surface area (Å²) in [6.07, 6.45) is 3.49. The van der Waals surface area contributed by atoms with E-state index in [1.165, 1.54) is 19.4 Å². The minimum absolute atomic E-state index is 0.0272. The zero-order valence-electron chi connectivity index (χ0n) is 12.3. The van der Waals surface area contributed by atoms with Gasteiger partial charge in [-0.3, -0.25) is 14.4 Å². The van der Waals surface area contributed by atoms with Crippen molar-refractivity contribution in [3.05, 3.63) is 11.4 Å². The largest absolute Gasteiger partial charge is 0.395 e. The molecule has 2 saturated heterocycles. The van der Waals surface area contributed by atoms with E-state index in [-0.39, 0.29) is 5.91 Å². The Labute approximate surface area is 119 Å². The smallest absolute Gasteiger partial charge is 0.274 e. The van der Waals surface area contributed by atoms with Crippen LogP contribution in [-0.2, 0) is 7.05 Å². The van der Waals surface area contributed by atoms with Crippen LogP contribution in [0.1, 0.15) is 35.4 Å². The van der Waals surface area contributed by atoms with Gasteiger partial charge < -0.3 is 10.6 Å². The van der Waals surface area contributed by atoms with Gasteiger partial charge in [0.25, 0.3) is 5.91 Å². The van der Waals surface area contributed by atoms with Crippen molar-refractivity contribution in [2.75, 3.05) is 31.9 Å². The summed E-state index contributed by atoms with van der Waals surface area (Å²) in [6, 6.07) is 0.525. The number of hydrogen-bond acceptors (Lipinski definition) is 4. The van der Waals surface area contributed by atoms with E-state index in [0.717, 1.165) is 31.7 Å². The molecular weight excluding hydrogens is 254 g/mol. The van der Waals surface area contributed by atoms with Gasteiger partial charge in [0.15, 0.2) is 0 Å². The summed E-state index contributed by atoms with van der Waals surface area (Å²) < 4.78 is 1.62. The van der Waals surface area contributed by atoms with Gasteiger partial charge in [-0.25, -0.2) is 0 Å². The molecule has 0 aromatic carbocycles. The van der Waals surface area contributed by atoms with E-state index in [0.29, 0.717) is 17.4 Å². The Morgan fingerprint density at radius 3 is 2.75 bits per heavy atom. The van der Waals surface area contributed by atoms with Crippen LogP contribution in [0.5, 0.6) is 0 Å². The molecule has 6 nitrogen and oxygen atoms in total. The Kier molecular flexibility index (Phi) is 3.41. The Balaban J connectivity index is 1.82. The van der Waals surface area contributed by atoms with Crippen LogP contribution in [0.25, 0.3) is 0 Å². The molecule has 110 valence electrons. The Hall–Kier alpha value is -1.56. The van der Waals surface area contributed by atoms with Crippen LogP contribution in [0.15, 0.2) is 0 Å². The molecular formula is C14H23N5O. The highest BCUT2D eigenvalue weighted by Crippen LogP contribution is 2.24. The van der Waals surface area contributed by atoms with Crippen LogP contribution in [0.4, 0.5) is 5.69 Å². The van der Waals surface area contributed by atoms with Crippen molar-refractivity contribution in [1.29, 1.82) is 0 Å². The molecule has 1 unspecified atom stereocenters. The standard InChI is InChI=1S/C14H23N5O/c1-10-12(15)13(17(2)16-10)14(20)19-8-4-7-18-6-3-5-11(18)9-19/h11H,3-9,15H2,1-2H3. The van der Waals surface area contributed by atoms with Crippen LogP contribution < -0.4 is 5.73 Å². The first-order chi connectivity index (χ1) is 9.58. The van der Waals surface area contributed by atoms with E-state index in [4.69, 9.17) is 5.73 Å². The third-order valence-electron chi connectivity index (χ3n) is 4.56. The monoisotopic (exact) mass is 277 g/mol. The number of fused-ring (bicyclic) bond motifs is 1. The van der Waals surface area contributed by atoms with Crippen molar-refractivity contribution in [2.24, 2.45) is 7.05 Å². The number of amides is 1. The number of nitrogens with zero attached hydrogens (tertiary/aromatic N) is 4. The molecule has 0 aliphatic carbocycles. The van der Waals surface area contributed by atoms with E-state index in [2.05, 4.69) is 10.00 Å². The molecule has 2 fully saturated rings. The van der Waals surface area contributed by atoms with Crippen molar-refractivity contribution in [3.63, 3.8) is 0 Å². The average Bonchev–Trinajstić information content (AvgIpc) is 2.87. The summed E-state index contributed by atoms with van der Waals surface area (Å²) in [5, 5.41) is 4.25. The summed E-state index contributed by atoms with van der Waals surface area (Å²) in [6.45, 7) is 5.76. The molecule has 2 N–H and O–H groups in total. The lowest BCUT2D eigenvalue weighted by Gasteiger charge is -2.25. The third-order valence-corrected chi connectivity index (χ3v) is 4.56. The molecule has 3 heterocycles. The maximum atomic E-state index is 12.8. The fourth-order valence-electron chi connectivity index (χ4n) is 3.47. The molecule has 2 aliphatic heterocycles. The normalized spacial score (nSPS) is 23.7. The molecule has 0 radical (unpaired) electrons. The Morgan fingerprint density at radius 2 is 2.05 bits per heavy atom.